The molecule has 0 unspecified atom stereocenters. The highest BCUT2D eigenvalue weighted by molar-refractivity contribution is 7.14. The van der Waals surface area contributed by atoms with Crippen LogP contribution in [-0.4, -0.2) is 101 Å². The molecule has 0 spiro atoms. The summed E-state index contributed by atoms with van der Waals surface area (Å²) in [5, 5.41) is 17.8. The largest absolute Gasteiger partial charge is 0.468 e. The minimum atomic E-state index is -0.378. The maximum Gasteiger partial charge on any atom is 0.327 e. The van der Waals surface area contributed by atoms with Crippen LogP contribution in [-0.2, 0) is 74.5 Å². The molecule has 4 aliphatic heterocycles. The first-order chi connectivity index (χ1) is 28.8. The Hall–Kier alpha value is -5.69. The molecule has 59 heavy (non-hydrogen) atoms. The lowest BCUT2D eigenvalue weighted by Gasteiger charge is -2.24. The van der Waals surface area contributed by atoms with E-state index in [2.05, 4.69) is 42.6 Å². The summed E-state index contributed by atoms with van der Waals surface area (Å²) in [7, 11) is 1.35. The van der Waals surface area contributed by atoms with Crippen molar-refractivity contribution < 1.29 is 19.1 Å². The number of hydrogen-bond acceptors (Lipinski definition) is 14. The summed E-state index contributed by atoms with van der Waals surface area (Å²) in [5.74, 6) is -0.507. The summed E-state index contributed by atoms with van der Waals surface area (Å²) in [6.45, 7) is 8.39. The van der Waals surface area contributed by atoms with Gasteiger partial charge in [0.1, 0.15) is 6.54 Å². The normalized spacial score (nSPS) is 16.2. The third kappa shape index (κ3) is 7.13. The van der Waals surface area contributed by atoms with Crippen molar-refractivity contribution in [3.8, 4) is 11.1 Å². The molecule has 8 heterocycles. The number of benzene rings is 2. The summed E-state index contributed by atoms with van der Waals surface area (Å²) in [4.78, 5) is 60.2. The first-order valence-electron chi connectivity index (χ1n) is 20.0. The van der Waals surface area contributed by atoms with E-state index in [0.29, 0.717) is 36.2 Å². The van der Waals surface area contributed by atoms with Gasteiger partial charge in [-0.15, -0.1) is 32.9 Å². The van der Waals surface area contributed by atoms with Gasteiger partial charge < -0.3 is 14.5 Å². The quantitative estimate of drug-likeness (QED) is 0.182. The minimum absolute atomic E-state index is 0.0187. The van der Waals surface area contributed by atoms with Crippen LogP contribution in [0.15, 0.2) is 48.8 Å². The Morgan fingerprint density at radius 2 is 1.19 bits per heavy atom. The maximum atomic E-state index is 14.1. The minimum Gasteiger partial charge on any atom is -0.468 e. The van der Waals surface area contributed by atoms with Crippen molar-refractivity contribution in [3.63, 3.8) is 0 Å². The molecule has 6 aromatic rings. The number of aryl methyl sites for hydroxylation is 1. The van der Waals surface area contributed by atoms with Gasteiger partial charge in [-0.05, 0) is 54.2 Å². The molecule has 0 aliphatic carbocycles. The average Bonchev–Trinajstić information content (AvgIpc) is 4.11. The van der Waals surface area contributed by atoms with E-state index in [4.69, 9.17) is 14.7 Å². The van der Waals surface area contributed by atoms with Crippen molar-refractivity contribution >= 4 is 51.8 Å². The number of hydrogen-bond donors (Lipinski definition) is 0. The molecule has 16 nitrogen and oxygen atoms in total. The van der Waals surface area contributed by atoms with Gasteiger partial charge in [0, 0.05) is 99.1 Å². The average molecular weight is 831 g/mol. The van der Waals surface area contributed by atoms with Crippen LogP contribution in [0.3, 0.4) is 0 Å². The van der Waals surface area contributed by atoms with Crippen LogP contribution in [0.5, 0.6) is 0 Å². The Labute approximate surface area is 348 Å². The highest BCUT2D eigenvalue weighted by atomic mass is 32.1. The predicted octanol–water partition coefficient (Wildman–Crippen LogP) is 4.16. The lowest BCUT2D eigenvalue weighted by Crippen LogP contribution is -2.29. The van der Waals surface area contributed by atoms with Crippen LogP contribution in [0.1, 0.15) is 70.2 Å². The molecule has 0 atom stereocenters. The zero-order valence-electron chi connectivity index (χ0n) is 32.8. The van der Waals surface area contributed by atoms with Crippen molar-refractivity contribution in [2.24, 2.45) is 0 Å². The topological polar surface area (TPSA) is 161 Å². The number of aromatic nitrogens is 8. The molecular formula is C41H42N12O4S2. The summed E-state index contributed by atoms with van der Waals surface area (Å²) in [5.41, 5.74) is 10.1. The molecule has 302 valence electrons. The number of fused-ring (bicyclic) bond motifs is 4. The summed E-state index contributed by atoms with van der Waals surface area (Å²) >= 11 is 2.98. The molecule has 0 saturated heterocycles. The molecule has 0 N–H and O–H groups in total. The number of carbonyl (C=O) groups is 3. The Morgan fingerprint density at radius 1 is 0.678 bits per heavy atom. The van der Waals surface area contributed by atoms with E-state index in [1.807, 2.05) is 51.9 Å². The van der Waals surface area contributed by atoms with Gasteiger partial charge in [0.05, 0.1) is 36.1 Å². The molecule has 4 aromatic heterocycles. The standard InChI is InChI=1S/C41H42N12O4S2/c1-3-50-20-25(44-46-50)18-48-14-12-31-35(22-48)58-38(42-31)40(55)52-16-10-29-27(6-4-8-33(29)52)28-7-5-9-34-30(28)11-17-53(34)41(56)39-43-32-13-15-49(23-36(32)59-39)19-26-21-51(47-45-26)24-37(54)57-2/h4-9,20-21H,3,10-19,22-24H2,1-2H3. The molecule has 2 amide bonds. The van der Waals surface area contributed by atoms with Gasteiger partial charge in [-0.3, -0.25) is 28.9 Å². The van der Waals surface area contributed by atoms with Crippen LogP contribution in [0.4, 0.5) is 11.4 Å². The zero-order valence-corrected chi connectivity index (χ0v) is 34.5. The molecule has 2 aromatic carbocycles. The first kappa shape index (κ1) is 37.6. The van der Waals surface area contributed by atoms with E-state index in [-0.39, 0.29) is 24.3 Å². The highest BCUT2D eigenvalue weighted by Crippen LogP contribution is 2.43. The molecular weight excluding hydrogens is 789 g/mol. The number of esters is 1. The van der Waals surface area contributed by atoms with Gasteiger partial charge in [0.2, 0.25) is 0 Å². The van der Waals surface area contributed by atoms with Crippen molar-refractivity contribution in [1.29, 1.82) is 0 Å². The van der Waals surface area contributed by atoms with E-state index in [1.54, 1.807) is 6.20 Å². The van der Waals surface area contributed by atoms with Gasteiger partial charge in [-0.2, -0.15) is 0 Å². The summed E-state index contributed by atoms with van der Waals surface area (Å²) in [6.07, 6.45) is 6.78. The van der Waals surface area contributed by atoms with E-state index >= 15 is 0 Å². The van der Waals surface area contributed by atoms with Crippen LogP contribution in [0.25, 0.3) is 11.1 Å². The summed E-state index contributed by atoms with van der Waals surface area (Å²) < 4.78 is 8.05. The Bertz CT molecular complexity index is 2610. The monoisotopic (exact) mass is 830 g/mol. The number of amides is 2. The molecule has 4 aliphatic rings. The van der Waals surface area contributed by atoms with Crippen molar-refractivity contribution in [1.82, 2.24) is 49.8 Å². The highest BCUT2D eigenvalue weighted by Gasteiger charge is 2.35. The van der Waals surface area contributed by atoms with E-state index in [0.717, 1.165) is 125 Å². The van der Waals surface area contributed by atoms with Crippen LogP contribution < -0.4 is 9.80 Å². The second-order valence-electron chi connectivity index (χ2n) is 15.3. The number of nitrogens with zero attached hydrogens (tertiary/aromatic N) is 12. The third-order valence-electron chi connectivity index (χ3n) is 11.6. The number of carbonyl (C=O) groups excluding carboxylic acids is 3. The molecule has 0 fully saturated rings. The smallest absolute Gasteiger partial charge is 0.327 e. The lowest BCUT2D eigenvalue weighted by atomic mass is 9.93. The van der Waals surface area contributed by atoms with E-state index in [9.17, 15) is 14.4 Å². The van der Waals surface area contributed by atoms with Crippen LogP contribution >= 0.6 is 22.7 Å². The second-order valence-corrected chi connectivity index (χ2v) is 17.4. The van der Waals surface area contributed by atoms with Gasteiger partial charge in [0.15, 0.2) is 10.0 Å². The molecule has 0 bridgehead atoms. The van der Waals surface area contributed by atoms with Crippen molar-refractivity contribution in [3.05, 3.63) is 102 Å². The van der Waals surface area contributed by atoms with Gasteiger partial charge in [0.25, 0.3) is 11.8 Å². The number of ether oxygens (including phenoxy) is 1. The second kappa shape index (κ2) is 15.5. The molecule has 0 radical (unpaired) electrons. The molecule has 0 saturated carbocycles. The van der Waals surface area contributed by atoms with Gasteiger partial charge in [-0.1, -0.05) is 34.7 Å². The van der Waals surface area contributed by atoms with Crippen molar-refractivity contribution in [2.75, 3.05) is 43.1 Å². The van der Waals surface area contributed by atoms with E-state index in [1.165, 1.54) is 34.5 Å². The zero-order chi connectivity index (χ0) is 40.2. The van der Waals surface area contributed by atoms with Gasteiger partial charge >= 0.3 is 5.97 Å². The Kier molecular flexibility index (Phi) is 9.86. The molecule has 18 heteroatoms. The lowest BCUT2D eigenvalue weighted by molar-refractivity contribution is -0.141. The SMILES string of the molecule is CCn1cc(CN2CCc3nc(C(=O)N4CCc5c(-c6cccc7c6CCN7C(=O)c6nc7c(s6)CN(Cc6cn(CC(=O)OC)nn6)CC7)cccc54)sc3C2)nn1. The Balaban J connectivity index is 0.828. The predicted molar refractivity (Wildman–Crippen MR) is 220 cm³/mol. The number of anilines is 2. The fourth-order valence-corrected chi connectivity index (χ4v) is 10.9. The van der Waals surface area contributed by atoms with Crippen molar-refractivity contribution in [2.45, 2.75) is 71.9 Å². The van der Waals surface area contributed by atoms with Crippen LogP contribution in [0, 0.1) is 0 Å². The molecule has 10 rings (SSSR count). The van der Waals surface area contributed by atoms with E-state index < -0.39 is 0 Å². The first-order valence-corrected chi connectivity index (χ1v) is 21.6. The fraction of sp³-hybridized carbons (Fsp3) is 0.390. The number of rotatable bonds is 10. The maximum absolute atomic E-state index is 14.1. The van der Waals surface area contributed by atoms with Crippen LogP contribution in [0.2, 0.25) is 0 Å². The summed E-state index contributed by atoms with van der Waals surface area (Å²) in [6, 6.07) is 12.4. The fourth-order valence-electron chi connectivity index (χ4n) is 8.68. The van der Waals surface area contributed by atoms with Gasteiger partial charge in [-0.25, -0.2) is 14.6 Å². The Morgan fingerprint density at radius 3 is 1.68 bits per heavy atom. The number of methoxy groups -OCH3 is 1. The number of thiazole rings is 2. The third-order valence-corrected chi connectivity index (χ3v) is 13.7.